The lowest BCUT2D eigenvalue weighted by Gasteiger charge is -2.44. The number of benzene rings is 2. The lowest BCUT2D eigenvalue weighted by molar-refractivity contribution is -0.128. The van der Waals surface area contributed by atoms with Crippen LogP contribution in [0.15, 0.2) is 42.5 Å². The maximum absolute atomic E-state index is 13.9. The molecule has 2 aromatic carbocycles. The van der Waals surface area contributed by atoms with E-state index in [1.54, 1.807) is 52.3 Å². The number of ether oxygens (including phenoxy) is 2. The largest absolute Gasteiger partial charge is 0.497 e. The molecule has 10 heteroatoms. The molecular formula is C27H31Cl2N3O5. The van der Waals surface area contributed by atoms with Crippen molar-refractivity contribution in [1.29, 1.82) is 0 Å². The van der Waals surface area contributed by atoms with Gasteiger partial charge in [0.25, 0.3) is 11.8 Å². The van der Waals surface area contributed by atoms with E-state index in [0.29, 0.717) is 59.4 Å². The maximum atomic E-state index is 13.9. The summed E-state index contributed by atoms with van der Waals surface area (Å²) in [6.07, 6.45) is 0.730. The third kappa shape index (κ3) is 5.71. The van der Waals surface area contributed by atoms with Crippen LogP contribution >= 0.6 is 23.2 Å². The summed E-state index contributed by atoms with van der Waals surface area (Å²) in [6.45, 7) is 5.29. The summed E-state index contributed by atoms with van der Waals surface area (Å²) in [5.41, 5.74) is -0.165. The Morgan fingerprint density at radius 2 is 1.76 bits per heavy atom. The second-order valence-corrected chi connectivity index (χ2v) is 10.6. The molecule has 0 radical (unpaired) electrons. The number of halogens is 2. The summed E-state index contributed by atoms with van der Waals surface area (Å²) in [5, 5.41) is 3.63. The quantitative estimate of drug-likeness (QED) is 0.584. The highest BCUT2D eigenvalue weighted by Gasteiger charge is 2.54. The van der Waals surface area contributed by atoms with Crippen molar-refractivity contribution in [3.8, 4) is 5.75 Å². The minimum atomic E-state index is -1.01. The Morgan fingerprint density at radius 1 is 1.05 bits per heavy atom. The van der Waals surface area contributed by atoms with Crippen LogP contribution in [0.5, 0.6) is 5.75 Å². The molecule has 2 heterocycles. The second kappa shape index (κ2) is 11.3. The van der Waals surface area contributed by atoms with Gasteiger partial charge in [0.05, 0.1) is 23.8 Å². The van der Waals surface area contributed by atoms with Gasteiger partial charge in [-0.05, 0) is 42.3 Å². The van der Waals surface area contributed by atoms with Crippen LogP contribution in [0.25, 0.3) is 0 Å². The van der Waals surface area contributed by atoms with E-state index in [2.05, 4.69) is 5.32 Å². The number of nitrogens with one attached hydrogen (secondary N) is 1. The third-order valence-corrected chi connectivity index (χ3v) is 7.52. The van der Waals surface area contributed by atoms with Crippen LogP contribution in [0.3, 0.4) is 0 Å². The molecule has 0 saturated carbocycles. The number of methoxy groups -OCH3 is 1. The number of rotatable bonds is 6. The first-order valence-corrected chi connectivity index (χ1v) is 13.0. The van der Waals surface area contributed by atoms with Gasteiger partial charge >= 0.3 is 0 Å². The highest BCUT2D eigenvalue weighted by Crippen LogP contribution is 2.39. The molecule has 2 saturated heterocycles. The first-order chi connectivity index (χ1) is 17.6. The predicted octanol–water partition coefficient (Wildman–Crippen LogP) is 4.25. The van der Waals surface area contributed by atoms with E-state index in [0.717, 1.165) is 0 Å². The zero-order valence-corrected chi connectivity index (χ0v) is 22.6. The van der Waals surface area contributed by atoms with Gasteiger partial charge < -0.3 is 19.7 Å². The Morgan fingerprint density at radius 3 is 2.41 bits per heavy atom. The Balaban J connectivity index is 1.58. The van der Waals surface area contributed by atoms with Gasteiger partial charge in [-0.15, -0.1) is 0 Å². The number of carbonyl (C=O) groups excluding carboxylic acids is 3. The summed E-state index contributed by atoms with van der Waals surface area (Å²) >= 11 is 12.1. The molecule has 2 fully saturated rings. The van der Waals surface area contributed by atoms with Crippen LogP contribution in [-0.2, 0) is 9.53 Å². The van der Waals surface area contributed by atoms with Crippen molar-refractivity contribution in [2.75, 3.05) is 33.4 Å². The molecular weight excluding hydrogens is 517 g/mol. The lowest BCUT2D eigenvalue weighted by atomic mass is 9.96. The molecule has 0 unspecified atom stereocenters. The zero-order chi connectivity index (χ0) is 26.7. The fourth-order valence-corrected chi connectivity index (χ4v) is 5.05. The van der Waals surface area contributed by atoms with Crippen molar-refractivity contribution in [2.24, 2.45) is 5.92 Å². The molecule has 198 valence electrons. The van der Waals surface area contributed by atoms with E-state index in [4.69, 9.17) is 32.7 Å². The topological polar surface area (TPSA) is 88.2 Å². The smallest absolute Gasteiger partial charge is 0.257 e. The Kier molecular flexibility index (Phi) is 8.31. The summed E-state index contributed by atoms with van der Waals surface area (Å²) in [6, 6.07) is 10.8. The summed E-state index contributed by atoms with van der Waals surface area (Å²) in [5.74, 6) is 0.0612. The van der Waals surface area contributed by atoms with Crippen LogP contribution in [-0.4, -0.2) is 72.6 Å². The fourth-order valence-electron chi connectivity index (χ4n) is 4.76. The molecule has 2 aliphatic rings. The second-order valence-electron chi connectivity index (χ2n) is 9.74. The summed E-state index contributed by atoms with van der Waals surface area (Å²) in [7, 11) is 1.53. The molecule has 0 bridgehead atoms. The lowest BCUT2D eigenvalue weighted by Crippen LogP contribution is -2.60. The highest BCUT2D eigenvalue weighted by atomic mass is 35.5. The first kappa shape index (κ1) is 27.2. The van der Waals surface area contributed by atoms with Gasteiger partial charge in [0, 0.05) is 43.6 Å². The molecule has 2 aliphatic heterocycles. The average Bonchev–Trinajstić information content (AvgIpc) is 3.26. The van der Waals surface area contributed by atoms with Crippen molar-refractivity contribution >= 4 is 40.9 Å². The Labute approximate surface area is 226 Å². The van der Waals surface area contributed by atoms with Crippen molar-refractivity contribution in [2.45, 2.75) is 38.5 Å². The van der Waals surface area contributed by atoms with Gasteiger partial charge in [-0.25, -0.2) is 0 Å². The van der Waals surface area contributed by atoms with Gasteiger partial charge in [-0.2, -0.15) is 0 Å². The van der Waals surface area contributed by atoms with Crippen LogP contribution in [0.1, 0.15) is 47.4 Å². The summed E-state index contributed by atoms with van der Waals surface area (Å²) < 4.78 is 11.5. The number of piperidine rings is 1. The van der Waals surface area contributed by atoms with Crippen LogP contribution in [0, 0.1) is 5.92 Å². The van der Waals surface area contributed by atoms with E-state index in [9.17, 15) is 14.4 Å². The number of carbonyl (C=O) groups is 3. The molecule has 1 atom stereocenters. The van der Waals surface area contributed by atoms with Gasteiger partial charge in [0.15, 0.2) is 0 Å². The number of nitrogens with zero attached hydrogens (tertiary/aromatic N) is 2. The van der Waals surface area contributed by atoms with E-state index in [-0.39, 0.29) is 30.2 Å². The monoisotopic (exact) mass is 547 g/mol. The molecule has 4 rings (SSSR count). The number of likely N-dealkylation sites (tertiary alicyclic amines) is 1. The van der Waals surface area contributed by atoms with E-state index < -0.39 is 11.8 Å². The van der Waals surface area contributed by atoms with E-state index in [1.807, 2.05) is 13.8 Å². The van der Waals surface area contributed by atoms with Gasteiger partial charge in [0.1, 0.15) is 17.5 Å². The number of hydrogen-bond acceptors (Lipinski definition) is 5. The zero-order valence-electron chi connectivity index (χ0n) is 21.1. The number of amides is 3. The van der Waals surface area contributed by atoms with Crippen LogP contribution in [0.4, 0.5) is 0 Å². The Hall–Kier alpha value is -2.81. The molecule has 2 aromatic rings. The molecule has 37 heavy (non-hydrogen) atoms. The molecule has 1 spiro atoms. The van der Waals surface area contributed by atoms with Crippen molar-refractivity contribution < 1.29 is 23.9 Å². The molecule has 0 aliphatic carbocycles. The van der Waals surface area contributed by atoms with Crippen LogP contribution < -0.4 is 10.1 Å². The minimum Gasteiger partial charge on any atom is -0.497 e. The number of hydrogen-bond donors (Lipinski definition) is 1. The molecule has 0 aromatic heterocycles. The van der Waals surface area contributed by atoms with E-state index in [1.165, 1.54) is 7.11 Å². The summed E-state index contributed by atoms with van der Waals surface area (Å²) in [4.78, 5) is 43.4. The normalized spacial score (nSPS) is 18.8. The van der Waals surface area contributed by atoms with Gasteiger partial charge in [-0.1, -0.05) is 43.1 Å². The SMILES string of the molecule is COc1cccc(C(=O)N2[C@@H](C(=O)NCC(C)C)COC23CCN(C(=O)c2ccc(Cl)c(Cl)c2)CC3)c1. The highest BCUT2D eigenvalue weighted by molar-refractivity contribution is 6.42. The maximum Gasteiger partial charge on any atom is 0.257 e. The standard InChI is InChI=1S/C27H31Cl2N3O5/c1-17(2)15-30-24(33)23-16-37-27(32(23)26(35)18-5-4-6-20(13-18)36-3)9-11-31(12-10-27)25(34)19-7-8-21(28)22(29)14-19/h4-8,13-14,17,23H,9-12,15-16H2,1-3H3,(H,30,33)/t23-/m1/s1. The predicted molar refractivity (Wildman–Crippen MR) is 141 cm³/mol. The van der Waals surface area contributed by atoms with Crippen molar-refractivity contribution in [3.05, 3.63) is 63.6 Å². The van der Waals surface area contributed by atoms with E-state index >= 15 is 0 Å². The molecule has 8 nitrogen and oxygen atoms in total. The third-order valence-electron chi connectivity index (χ3n) is 6.78. The van der Waals surface area contributed by atoms with Crippen molar-refractivity contribution in [1.82, 2.24) is 15.1 Å². The molecule has 3 amide bonds. The minimum absolute atomic E-state index is 0.0837. The van der Waals surface area contributed by atoms with Crippen LogP contribution in [0.2, 0.25) is 10.0 Å². The van der Waals surface area contributed by atoms with Crippen molar-refractivity contribution in [3.63, 3.8) is 0 Å². The van der Waals surface area contributed by atoms with Gasteiger partial charge in [-0.3, -0.25) is 19.3 Å². The Bertz CT molecular complexity index is 1180. The molecule has 1 N–H and O–H groups in total. The van der Waals surface area contributed by atoms with Gasteiger partial charge in [0.2, 0.25) is 5.91 Å². The first-order valence-electron chi connectivity index (χ1n) is 12.3. The fraction of sp³-hybridized carbons (Fsp3) is 0.444. The average molecular weight is 548 g/mol.